The van der Waals surface area contributed by atoms with Crippen LogP contribution in [0.4, 0.5) is 0 Å². The van der Waals surface area contributed by atoms with Crippen LogP contribution in [0.1, 0.15) is 13.3 Å². The molecule has 0 spiro atoms. The predicted octanol–water partition coefficient (Wildman–Crippen LogP) is 1.18. The largest absolute Gasteiger partial charge is 0.425 e. The van der Waals surface area contributed by atoms with Crippen molar-refractivity contribution in [3.05, 3.63) is 24.8 Å². The van der Waals surface area contributed by atoms with E-state index in [0.29, 0.717) is 12.0 Å². The Hall–Kier alpha value is -1.58. The fraction of sp³-hybridized carbons (Fsp3) is 0.333. The fourth-order valence-corrected chi connectivity index (χ4v) is 0.446. The summed E-state index contributed by atoms with van der Waals surface area (Å²) in [5.41, 5.74) is 0.342. The zero-order chi connectivity index (χ0) is 10.3. The Labute approximate surface area is 76.8 Å². The monoisotopic (exact) mass is 184 g/mol. The molecule has 0 aromatic carbocycles. The first-order chi connectivity index (χ1) is 6.11. The Morgan fingerprint density at radius 3 is 2.46 bits per heavy atom. The van der Waals surface area contributed by atoms with E-state index in [1.165, 1.54) is 0 Å². The van der Waals surface area contributed by atoms with Gasteiger partial charge < -0.3 is 9.47 Å². The van der Waals surface area contributed by atoms with E-state index in [1.54, 1.807) is 6.92 Å². The van der Waals surface area contributed by atoms with Crippen LogP contribution in [0.5, 0.6) is 0 Å². The van der Waals surface area contributed by atoms with Gasteiger partial charge in [0.25, 0.3) is 0 Å². The Bertz CT molecular complexity index is 230. The summed E-state index contributed by atoms with van der Waals surface area (Å²) in [6, 6.07) is 0. The molecule has 0 aliphatic rings. The number of ether oxygens (including phenoxy) is 2. The average molecular weight is 184 g/mol. The molecule has 0 unspecified atom stereocenters. The van der Waals surface area contributed by atoms with E-state index in [-0.39, 0.29) is 0 Å². The number of hydrogen-bond donors (Lipinski definition) is 0. The van der Waals surface area contributed by atoms with Gasteiger partial charge in [-0.15, -0.1) is 0 Å². The second-order valence-corrected chi connectivity index (χ2v) is 2.17. The molecule has 0 heterocycles. The highest BCUT2D eigenvalue weighted by Gasteiger charge is 2.06. The van der Waals surface area contributed by atoms with Crippen molar-refractivity contribution in [1.29, 1.82) is 0 Å². The topological polar surface area (TPSA) is 52.6 Å². The zero-order valence-corrected chi connectivity index (χ0v) is 7.54. The normalized spacial score (nSPS) is 8.69. The van der Waals surface area contributed by atoms with E-state index in [4.69, 9.17) is 0 Å². The lowest BCUT2D eigenvalue weighted by molar-refractivity contribution is -0.161. The molecular formula is C9H12O4. The summed E-state index contributed by atoms with van der Waals surface area (Å²) < 4.78 is 8.95. The maximum Gasteiger partial charge on any atom is 0.336 e. The highest BCUT2D eigenvalue weighted by Crippen LogP contribution is 1.99. The lowest BCUT2D eigenvalue weighted by Gasteiger charge is -2.04. The minimum Gasteiger partial charge on any atom is -0.425 e. The predicted molar refractivity (Wildman–Crippen MR) is 46.7 cm³/mol. The summed E-state index contributed by atoms with van der Waals surface area (Å²) >= 11 is 0. The van der Waals surface area contributed by atoms with Gasteiger partial charge in [-0.1, -0.05) is 20.1 Å². The van der Waals surface area contributed by atoms with E-state index in [0.717, 1.165) is 6.08 Å². The third kappa shape index (κ3) is 4.79. The molecule has 0 aromatic heterocycles. The van der Waals surface area contributed by atoms with Crippen molar-refractivity contribution in [2.75, 3.05) is 6.79 Å². The summed E-state index contributed by atoms with van der Waals surface area (Å²) in [6.07, 6.45) is 1.50. The lowest BCUT2D eigenvalue weighted by Crippen LogP contribution is -2.12. The van der Waals surface area contributed by atoms with Crippen LogP contribution >= 0.6 is 0 Å². The van der Waals surface area contributed by atoms with Crippen molar-refractivity contribution in [3.63, 3.8) is 0 Å². The van der Waals surface area contributed by atoms with Gasteiger partial charge >= 0.3 is 11.9 Å². The van der Waals surface area contributed by atoms with Crippen molar-refractivity contribution in [2.24, 2.45) is 0 Å². The second-order valence-electron chi connectivity index (χ2n) is 2.17. The van der Waals surface area contributed by atoms with E-state index >= 15 is 0 Å². The molecule has 0 amide bonds. The van der Waals surface area contributed by atoms with E-state index < -0.39 is 18.7 Å². The summed E-state index contributed by atoms with van der Waals surface area (Å²) in [4.78, 5) is 21.4. The number of esters is 2. The summed E-state index contributed by atoms with van der Waals surface area (Å²) in [6.45, 7) is 8.01. The Balaban J connectivity index is 3.65. The van der Waals surface area contributed by atoms with E-state index in [9.17, 15) is 9.59 Å². The molecule has 0 atom stereocenters. The molecule has 0 N–H and O–H groups in total. The molecule has 0 aliphatic heterocycles. The number of rotatable bonds is 5. The quantitative estimate of drug-likeness (QED) is 0.366. The minimum absolute atomic E-state index is 0.342. The molecule has 0 saturated carbocycles. The number of carbonyl (C=O) groups is 2. The van der Waals surface area contributed by atoms with Crippen molar-refractivity contribution in [3.8, 4) is 0 Å². The Kier molecular flexibility index (Phi) is 5.27. The second kappa shape index (κ2) is 5.99. The highest BCUT2D eigenvalue weighted by molar-refractivity contribution is 5.87. The Morgan fingerprint density at radius 2 is 2.00 bits per heavy atom. The van der Waals surface area contributed by atoms with Gasteiger partial charge in [0.1, 0.15) is 0 Å². The van der Waals surface area contributed by atoms with Crippen LogP contribution in [-0.4, -0.2) is 18.7 Å². The molecule has 72 valence electrons. The van der Waals surface area contributed by atoms with Crippen LogP contribution in [0.3, 0.4) is 0 Å². The number of carbonyl (C=O) groups excluding carboxylic acids is 2. The molecule has 4 nitrogen and oxygen atoms in total. The Morgan fingerprint density at radius 1 is 1.38 bits per heavy atom. The van der Waals surface area contributed by atoms with Crippen LogP contribution in [-0.2, 0) is 19.1 Å². The third-order valence-corrected chi connectivity index (χ3v) is 1.27. The zero-order valence-electron chi connectivity index (χ0n) is 7.54. The van der Waals surface area contributed by atoms with Crippen molar-refractivity contribution in [2.45, 2.75) is 13.3 Å². The maximum atomic E-state index is 10.9. The van der Waals surface area contributed by atoms with Crippen LogP contribution in [0, 0.1) is 0 Å². The van der Waals surface area contributed by atoms with Gasteiger partial charge in [0.2, 0.25) is 6.79 Å². The molecule has 0 radical (unpaired) electrons. The first-order valence-corrected chi connectivity index (χ1v) is 3.75. The maximum absolute atomic E-state index is 10.9. The molecule has 13 heavy (non-hydrogen) atoms. The van der Waals surface area contributed by atoms with Gasteiger partial charge in [0, 0.05) is 11.6 Å². The molecule has 0 bridgehead atoms. The van der Waals surface area contributed by atoms with Gasteiger partial charge in [-0.3, -0.25) is 0 Å². The van der Waals surface area contributed by atoms with Gasteiger partial charge in [-0.05, 0) is 6.42 Å². The highest BCUT2D eigenvalue weighted by atomic mass is 16.7. The molecule has 0 rings (SSSR count). The van der Waals surface area contributed by atoms with Gasteiger partial charge in [-0.2, -0.15) is 0 Å². The summed E-state index contributed by atoms with van der Waals surface area (Å²) in [5, 5.41) is 0. The standard InChI is InChI=1S/C9H12O4/c1-4-7(3)9(11)13-6-12-8(10)5-2/h5H,2-4,6H2,1H3. The number of hydrogen-bond acceptors (Lipinski definition) is 4. The molecule has 0 fully saturated rings. The van der Waals surface area contributed by atoms with Crippen molar-refractivity contribution >= 4 is 11.9 Å². The first kappa shape index (κ1) is 11.4. The lowest BCUT2D eigenvalue weighted by atomic mass is 10.2. The van der Waals surface area contributed by atoms with E-state index in [2.05, 4.69) is 22.6 Å². The minimum atomic E-state index is -0.630. The van der Waals surface area contributed by atoms with Crippen LogP contribution in [0.2, 0.25) is 0 Å². The summed E-state index contributed by atoms with van der Waals surface area (Å²) in [5.74, 6) is -1.19. The SMILES string of the molecule is C=CC(=O)OCOC(=O)C(=C)CC. The van der Waals surface area contributed by atoms with Gasteiger partial charge in [0.15, 0.2) is 0 Å². The van der Waals surface area contributed by atoms with Crippen LogP contribution in [0.25, 0.3) is 0 Å². The van der Waals surface area contributed by atoms with Crippen molar-refractivity contribution < 1.29 is 19.1 Å². The third-order valence-electron chi connectivity index (χ3n) is 1.27. The van der Waals surface area contributed by atoms with Gasteiger partial charge in [0.05, 0.1) is 0 Å². The molecule has 0 aliphatic carbocycles. The van der Waals surface area contributed by atoms with Gasteiger partial charge in [-0.25, -0.2) is 9.59 Å². The molecule has 0 aromatic rings. The summed E-state index contributed by atoms with van der Waals surface area (Å²) in [7, 11) is 0. The van der Waals surface area contributed by atoms with Crippen molar-refractivity contribution in [1.82, 2.24) is 0 Å². The van der Waals surface area contributed by atoms with E-state index in [1.807, 2.05) is 0 Å². The molecule has 4 heteroatoms. The molecule has 0 saturated heterocycles. The fourth-order valence-electron chi connectivity index (χ4n) is 0.446. The average Bonchev–Trinajstić information content (AvgIpc) is 2.15. The smallest absolute Gasteiger partial charge is 0.336 e. The molecular weight excluding hydrogens is 172 g/mol. The van der Waals surface area contributed by atoms with Crippen LogP contribution in [0.15, 0.2) is 24.8 Å². The van der Waals surface area contributed by atoms with Crippen LogP contribution < -0.4 is 0 Å². The first-order valence-electron chi connectivity index (χ1n) is 3.75.